The number of carbonyl (C=O) groups excluding carboxylic acids is 1. The van der Waals surface area contributed by atoms with Gasteiger partial charge in [-0.1, -0.05) is 29.8 Å². The summed E-state index contributed by atoms with van der Waals surface area (Å²) in [7, 11) is 0. The van der Waals surface area contributed by atoms with E-state index in [1.54, 1.807) is 23.1 Å². The summed E-state index contributed by atoms with van der Waals surface area (Å²) in [6.45, 7) is 2.54. The number of carbonyl (C=O) groups is 1. The first-order valence-electron chi connectivity index (χ1n) is 7.74. The fourth-order valence-electron chi connectivity index (χ4n) is 2.44. The summed E-state index contributed by atoms with van der Waals surface area (Å²) >= 11 is 3.47. The monoisotopic (exact) mass is 380 g/mol. The van der Waals surface area contributed by atoms with Crippen LogP contribution in [0, 0.1) is 0 Å². The number of hydrogen-bond donors (Lipinski definition) is 2. The Hall–Kier alpha value is -1.27. The van der Waals surface area contributed by atoms with Gasteiger partial charge >= 0.3 is 0 Å². The highest BCUT2D eigenvalue weighted by Crippen LogP contribution is 2.27. The van der Waals surface area contributed by atoms with Gasteiger partial charge in [-0.25, -0.2) is 0 Å². The lowest BCUT2D eigenvalue weighted by Crippen LogP contribution is -2.29. The van der Waals surface area contributed by atoms with E-state index in [1.165, 1.54) is 10.5 Å². The van der Waals surface area contributed by atoms with Crippen molar-refractivity contribution in [3.05, 3.63) is 63.9 Å². The van der Waals surface area contributed by atoms with Crippen molar-refractivity contribution in [1.82, 2.24) is 10.6 Å². The van der Waals surface area contributed by atoms with Crippen LogP contribution in [0.1, 0.15) is 21.7 Å². The van der Waals surface area contributed by atoms with Gasteiger partial charge in [-0.05, 0) is 36.5 Å². The molecule has 3 nitrogen and oxygen atoms in total. The van der Waals surface area contributed by atoms with Gasteiger partial charge in [0.1, 0.15) is 0 Å². The molecule has 0 saturated carbocycles. The quantitative estimate of drug-likeness (QED) is 0.585. The Morgan fingerprint density at radius 3 is 2.88 bits per heavy atom. The molecular formula is C18H21ClN2OS2. The summed E-state index contributed by atoms with van der Waals surface area (Å²) in [5, 5.41) is 8.42. The van der Waals surface area contributed by atoms with Crippen molar-refractivity contribution in [2.24, 2.45) is 0 Å². The second kappa shape index (κ2) is 9.89. The zero-order valence-corrected chi connectivity index (χ0v) is 15.7. The molecule has 0 bridgehead atoms. The van der Waals surface area contributed by atoms with Gasteiger partial charge in [-0.2, -0.15) is 0 Å². The highest BCUT2D eigenvalue weighted by atomic mass is 35.5. The standard InChI is InChI=1S/C18H20N2OS2.ClH/c21-18(20-12-14-7-9-19-10-8-14)16-5-1-2-6-17(16)23-13-15-4-3-11-22-15;/h1-7,11,19H,8-10,12-13H2,(H,20,21);1H. The van der Waals surface area contributed by atoms with Crippen molar-refractivity contribution in [2.45, 2.75) is 17.1 Å². The number of rotatable bonds is 6. The molecule has 1 aliphatic rings. The van der Waals surface area contributed by atoms with Crippen LogP contribution >= 0.6 is 35.5 Å². The summed E-state index contributed by atoms with van der Waals surface area (Å²) in [6.07, 6.45) is 3.18. The lowest BCUT2D eigenvalue weighted by molar-refractivity contribution is 0.0953. The molecule has 0 unspecified atom stereocenters. The Bertz CT molecular complexity index is 686. The molecule has 2 heterocycles. The van der Waals surface area contributed by atoms with Gasteiger partial charge in [0.25, 0.3) is 5.91 Å². The lowest BCUT2D eigenvalue weighted by Gasteiger charge is -2.15. The predicted molar refractivity (Wildman–Crippen MR) is 105 cm³/mol. The molecule has 6 heteroatoms. The van der Waals surface area contributed by atoms with E-state index in [1.807, 2.05) is 24.3 Å². The minimum atomic E-state index is 0. The molecular weight excluding hydrogens is 360 g/mol. The molecule has 1 aromatic heterocycles. The van der Waals surface area contributed by atoms with Gasteiger partial charge in [-0.15, -0.1) is 35.5 Å². The topological polar surface area (TPSA) is 41.1 Å². The van der Waals surface area contributed by atoms with E-state index in [9.17, 15) is 4.79 Å². The molecule has 2 N–H and O–H groups in total. The Labute approximate surface area is 157 Å². The number of thioether (sulfide) groups is 1. The maximum absolute atomic E-state index is 12.5. The van der Waals surface area contributed by atoms with Gasteiger partial charge in [-0.3, -0.25) is 4.79 Å². The maximum Gasteiger partial charge on any atom is 0.252 e. The Morgan fingerprint density at radius 1 is 1.25 bits per heavy atom. The van der Waals surface area contributed by atoms with E-state index < -0.39 is 0 Å². The molecule has 3 rings (SSSR count). The number of thiophene rings is 1. The second-order valence-electron chi connectivity index (χ2n) is 5.36. The maximum atomic E-state index is 12.5. The summed E-state index contributed by atoms with van der Waals surface area (Å²) < 4.78 is 0. The number of benzene rings is 1. The molecule has 24 heavy (non-hydrogen) atoms. The highest BCUT2D eigenvalue weighted by molar-refractivity contribution is 7.98. The molecule has 0 saturated heterocycles. The van der Waals surface area contributed by atoms with Crippen LogP contribution in [0.4, 0.5) is 0 Å². The van der Waals surface area contributed by atoms with Crippen LogP contribution in [0.15, 0.2) is 58.3 Å². The first-order valence-corrected chi connectivity index (χ1v) is 9.60. The van der Waals surface area contributed by atoms with E-state index in [2.05, 4.69) is 34.2 Å². The zero-order valence-electron chi connectivity index (χ0n) is 13.3. The van der Waals surface area contributed by atoms with Gasteiger partial charge in [0.2, 0.25) is 0 Å². The fourth-order valence-corrected chi connectivity index (χ4v) is 4.27. The summed E-state index contributed by atoms with van der Waals surface area (Å²) in [6, 6.07) is 12.0. The van der Waals surface area contributed by atoms with Crippen LogP contribution in [0.5, 0.6) is 0 Å². The van der Waals surface area contributed by atoms with E-state index in [-0.39, 0.29) is 18.3 Å². The molecule has 1 aliphatic heterocycles. The fraction of sp³-hybridized carbons (Fsp3) is 0.278. The molecule has 128 valence electrons. The minimum absolute atomic E-state index is 0. The Balaban J connectivity index is 0.00000208. The van der Waals surface area contributed by atoms with Crippen LogP contribution in [0.3, 0.4) is 0 Å². The third-order valence-corrected chi connectivity index (χ3v) is 5.90. The summed E-state index contributed by atoms with van der Waals surface area (Å²) in [5.74, 6) is 0.914. The molecule has 0 radical (unpaired) electrons. The van der Waals surface area contributed by atoms with Gasteiger partial charge in [0.15, 0.2) is 0 Å². The largest absolute Gasteiger partial charge is 0.348 e. The number of hydrogen-bond acceptors (Lipinski definition) is 4. The summed E-state index contributed by atoms with van der Waals surface area (Å²) in [5.41, 5.74) is 2.07. The van der Waals surface area contributed by atoms with Crippen LogP contribution in [0.2, 0.25) is 0 Å². The van der Waals surface area contributed by atoms with E-state index in [0.29, 0.717) is 6.54 Å². The zero-order chi connectivity index (χ0) is 15.9. The minimum Gasteiger partial charge on any atom is -0.348 e. The third kappa shape index (κ3) is 5.38. The van der Waals surface area contributed by atoms with Gasteiger partial charge in [0, 0.05) is 28.6 Å². The van der Waals surface area contributed by atoms with E-state index in [0.717, 1.165) is 35.7 Å². The predicted octanol–water partition coefficient (Wildman–Crippen LogP) is 4.11. The van der Waals surface area contributed by atoms with E-state index in [4.69, 9.17) is 0 Å². The average Bonchev–Trinajstić information content (AvgIpc) is 3.12. The van der Waals surface area contributed by atoms with Gasteiger partial charge < -0.3 is 10.6 Å². The normalized spacial score (nSPS) is 13.8. The third-order valence-electron chi connectivity index (χ3n) is 3.72. The van der Waals surface area contributed by atoms with Crippen LogP contribution in [0.25, 0.3) is 0 Å². The van der Waals surface area contributed by atoms with E-state index >= 15 is 0 Å². The van der Waals surface area contributed by atoms with Crippen molar-refractivity contribution in [3.8, 4) is 0 Å². The van der Waals surface area contributed by atoms with Crippen LogP contribution < -0.4 is 10.6 Å². The lowest BCUT2D eigenvalue weighted by atomic mass is 10.1. The van der Waals surface area contributed by atoms with Crippen molar-refractivity contribution < 1.29 is 4.79 Å². The van der Waals surface area contributed by atoms with Crippen LogP contribution in [-0.4, -0.2) is 25.5 Å². The molecule has 0 spiro atoms. The second-order valence-corrected chi connectivity index (χ2v) is 7.41. The molecule has 2 aromatic rings. The first-order chi connectivity index (χ1) is 11.3. The Morgan fingerprint density at radius 2 is 2.12 bits per heavy atom. The molecule has 0 atom stereocenters. The molecule has 0 fully saturated rings. The highest BCUT2D eigenvalue weighted by Gasteiger charge is 2.12. The molecule has 1 amide bonds. The van der Waals surface area contributed by atoms with Crippen LogP contribution in [-0.2, 0) is 5.75 Å². The molecule has 0 aliphatic carbocycles. The van der Waals surface area contributed by atoms with Gasteiger partial charge in [0.05, 0.1) is 5.56 Å². The first kappa shape index (κ1) is 19.1. The number of amides is 1. The van der Waals surface area contributed by atoms with Crippen molar-refractivity contribution in [2.75, 3.05) is 19.6 Å². The average molecular weight is 381 g/mol. The Kier molecular flexibility index (Phi) is 7.85. The molecule has 1 aromatic carbocycles. The van der Waals surface area contributed by atoms with Crippen molar-refractivity contribution in [3.63, 3.8) is 0 Å². The van der Waals surface area contributed by atoms with Crippen molar-refractivity contribution >= 4 is 41.4 Å². The number of halogens is 1. The summed E-state index contributed by atoms with van der Waals surface area (Å²) in [4.78, 5) is 14.9. The smallest absolute Gasteiger partial charge is 0.252 e. The van der Waals surface area contributed by atoms with Crippen molar-refractivity contribution in [1.29, 1.82) is 0 Å². The SMILES string of the molecule is Cl.O=C(NCC1=CCNCC1)c1ccccc1SCc1cccs1. The number of nitrogens with one attached hydrogen (secondary N) is 2.